The summed E-state index contributed by atoms with van der Waals surface area (Å²) in [6, 6.07) is 9.39. The van der Waals surface area contributed by atoms with Gasteiger partial charge in [-0.3, -0.25) is 9.59 Å². The number of carbonyl (C=O) groups excluding carboxylic acids is 1. The highest BCUT2D eigenvalue weighted by molar-refractivity contribution is 7.89. The molecule has 0 radical (unpaired) electrons. The van der Waals surface area contributed by atoms with E-state index in [2.05, 4.69) is 5.32 Å². The van der Waals surface area contributed by atoms with Gasteiger partial charge < -0.3 is 9.88 Å². The first-order valence-electron chi connectivity index (χ1n) is 8.43. The van der Waals surface area contributed by atoms with E-state index in [0.717, 1.165) is 18.4 Å². The summed E-state index contributed by atoms with van der Waals surface area (Å²) in [5.41, 5.74) is 0.951. The predicted molar refractivity (Wildman–Crippen MR) is 98.5 cm³/mol. The van der Waals surface area contributed by atoms with Gasteiger partial charge in [-0.05, 0) is 49.6 Å². The highest BCUT2D eigenvalue weighted by atomic mass is 32.2. The standard InChI is InChI=1S/C18H21N3O4S/c1-14-7-10-20(18(23)11-14)13-17(22)19-15-5-4-6-16(12-15)26(24,25)21-8-2-3-9-21/h4-7,10-12H,2-3,8-9,13H2,1H3,(H,19,22). The smallest absolute Gasteiger partial charge is 0.251 e. The fourth-order valence-electron chi connectivity index (χ4n) is 2.90. The number of nitrogens with zero attached hydrogens (tertiary/aromatic N) is 2. The van der Waals surface area contributed by atoms with Gasteiger partial charge in [0.15, 0.2) is 0 Å². The molecule has 7 nitrogen and oxygen atoms in total. The van der Waals surface area contributed by atoms with Crippen molar-refractivity contribution in [2.24, 2.45) is 0 Å². The first kappa shape index (κ1) is 18.3. The van der Waals surface area contributed by atoms with E-state index in [0.29, 0.717) is 18.8 Å². The molecule has 3 rings (SSSR count). The lowest BCUT2D eigenvalue weighted by atomic mass is 10.3. The lowest BCUT2D eigenvalue weighted by molar-refractivity contribution is -0.116. The summed E-state index contributed by atoms with van der Waals surface area (Å²) >= 11 is 0. The van der Waals surface area contributed by atoms with Crippen molar-refractivity contribution in [1.82, 2.24) is 8.87 Å². The van der Waals surface area contributed by atoms with Gasteiger partial charge in [0, 0.05) is 31.0 Å². The number of hydrogen-bond acceptors (Lipinski definition) is 4. The summed E-state index contributed by atoms with van der Waals surface area (Å²) in [5.74, 6) is -0.397. The zero-order valence-corrected chi connectivity index (χ0v) is 15.3. The number of aromatic nitrogens is 1. The van der Waals surface area contributed by atoms with Gasteiger partial charge in [0.25, 0.3) is 5.56 Å². The predicted octanol–water partition coefficient (Wildman–Crippen LogP) is 1.58. The Labute approximate surface area is 152 Å². The van der Waals surface area contributed by atoms with Crippen molar-refractivity contribution in [2.75, 3.05) is 18.4 Å². The third-order valence-corrected chi connectivity index (χ3v) is 6.18. The molecule has 26 heavy (non-hydrogen) atoms. The maximum Gasteiger partial charge on any atom is 0.251 e. The summed E-state index contributed by atoms with van der Waals surface area (Å²) in [6.45, 7) is 2.71. The molecule has 1 aromatic carbocycles. The van der Waals surface area contributed by atoms with Gasteiger partial charge in [0.1, 0.15) is 6.54 Å². The molecule has 1 aliphatic heterocycles. The van der Waals surface area contributed by atoms with E-state index in [1.54, 1.807) is 31.3 Å². The minimum Gasteiger partial charge on any atom is -0.324 e. The Bertz CT molecular complexity index is 976. The highest BCUT2D eigenvalue weighted by Crippen LogP contribution is 2.23. The summed E-state index contributed by atoms with van der Waals surface area (Å²) in [5, 5.41) is 2.65. The van der Waals surface area contributed by atoms with Crippen molar-refractivity contribution in [3.05, 3.63) is 58.5 Å². The second-order valence-electron chi connectivity index (χ2n) is 6.36. The third kappa shape index (κ3) is 4.03. The molecular formula is C18H21N3O4S. The van der Waals surface area contributed by atoms with Crippen molar-refractivity contribution in [3.8, 4) is 0 Å². The molecule has 0 unspecified atom stereocenters. The van der Waals surface area contributed by atoms with Gasteiger partial charge in [-0.2, -0.15) is 4.31 Å². The quantitative estimate of drug-likeness (QED) is 0.859. The molecule has 0 atom stereocenters. The van der Waals surface area contributed by atoms with Crippen LogP contribution in [0.15, 0.2) is 52.3 Å². The molecule has 2 heterocycles. The summed E-state index contributed by atoms with van der Waals surface area (Å²) < 4.78 is 28.0. The molecule has 1 N–H and O–H groups in total. The Morgan fingerprint density at radius 2 is 1.88 bits per heavy atom. The van der Waals surface area contributed by atoms with Gasteiger partial charge >= 0.3 is 0 Å². The average Bonchev–Trinajstić information content (AvgIpc) is 3.13. The molecule has 1 fully saturated rings. The van der Waals surface area contributed by atoms with Crippen molar-refractivity contribution in [2.45, 2.75) is 31.2 Å². The Balaban J connectivity index is 1.74. The normalized spacial score (nSPS) is 15.1. The Morgan fingerprint density at radius 1 is 1.15 bits per heavy atom. The largest absolute Gasteiger partial charge is 0.324 e. The second kappa shape index (κ2) is 7.43. The number of benzene rings is 1. The van der Waals surface area contributed by atoms with Crippen LogP contribution in [0.2, 0.25) is 0 Å². The lowest BCUT2D eigenvalue weighted by Gasteiger charge is -2.16. The number of nitrogens with one attached hydrogen (secondary N) is 1. The molecule has 0 aliphatic carbocycles. The molecular weight excluding hydrogens is 354 g/mol. The van der Waals surface area contributed by atoms with Gasteiger partial charge in [-0.15, -0.1) is 0 Å². The van der Waals surface area contributed by atoms with Crippen LogP contribution in [-0.4, -0.2) is 36.3 Å². The Kier molecular flexibility index (Phi) is 5.24. The van der Waals surface area contributed by atoms with E-state index in [4.69, 9.17) is 0 Å². The molecule has 138 valence electrons. The summed E-state index contributed by atoms with van der Waals surface area (Å²) in [4.78, 5) is 24.2. The first-order valence-corrected chi connectivity index (χ1v) is 9.87. The van der Waals surface area contributed by atoms with Gasteiger partial charge in [-0.25, -0.2) is 8.42 Å². The minimum atomic E-state index is -3.54. The molecule has 2 aromatic rings. The molecule has 1 amide bonds. The minimum absolute atomic E-state index is 0.137. The summed E-state index contributed by atoms with van der Waals surface area (Å²) in [7, 11) is -3.54. The van der Waals surface area contributed by atoms with E-state index in [9.17, 15) is 18.0 Å². The van der Waals surface area contributed by atoms with Crippen molar-refractivity contribution < 1.29 is 13.2 Å². The van der Waals surface area contributed by atoms with E-state index < -0.39 is 15.9 Å². The lowest BCUT2D eigenvalue weighted by Crippen LogP contribution is -2.28. The zero-order chi connectivity index (χ0) is 18.7. The molecule has 1 aliphatic rings. The van der Waals surface area contributed by atoms with Crippen molar-refractivity contribution >= 4 is 21.6 Å². The van der Waals surface area contributed by atoms with E-state index in [1.807, 2.05) is 0 Å². The number of carbonyl (C=O) groups is 1. The number of sulfonamides is 1. The van der Waals surface area contributed by atoms with Crippen LogP contribution < -0.4 is 10.9 Å². The van der Waals surface area contributed by atoms with Crippen LogP contribution in [0.4, 0.5) is 5.69 Å². The van der Waals surface area contributed by atoms with Crippen LogP contribution in [0.1, 0.15) is 18.4 Å². The van der Waals surface area contributed by atoms with Crippen LogP contribution in [0, 0.1) is 6.92 Å². The molecule has 0 bridgehead atoms. The number of pyridine rings is 1. The molecule has 0 saturated carbocycles. The van der Waals surface area contributed by atoms with Crippen LogP contribution >= 0.6 is 0 Å². The van der Waals surface area contributed by atoms with Crippen molar-refractivity contribution in [3.63, 3.8) is 0 Å². The van der Waals surface area contributed by atoms with Gasteiger partial charge in [0.2, 0.25) is 15.9 Å². The average molecular weight is 375 g/mol. The van der Waals surface area contributed by atoms with E-state index >= 15 is 0 Å². The zero-order valence-electron chi connectivity index (χ0n) is 14.5. The Morgan fingerprint density at radius 3 is 2.58 bits per heavy atom. The fraction of sp³-hybridized carbons (Fsp3) is 0.333. The van der Waals surface area contributed by atoms with Gasteiger partial charge in [0.05, 0.1) is 4.90 Å². The van der Waals surface area contributed by atoms with Crippen LogP contribution in [0.25, 0.3) is 0 Å². The van der Waals surface area contributed by atoms with Crippen molar-refractivity contribution in [1.29, 1.82) is 0 Å². The first-order chi connectivity index (χ1) is 12.4. The molecule has 1 aromatic heterocycles. The SMILES string of the molecule is Cc1ccn(CC(=O)Nc2cccc(S(=O)(=O)N3CCCC3)c2)c(=O)c1. The number of aryl methyl sites for hydroxylation is 1. The molecule has 8 heteroatoms. The highest BCUT2D eigenvalue weighted by Gasteiger charge is 2.27. The topological polar surface area (TPSA) is 88.5 Å². The second-order valence-corrected chi connectivity index (χ2v) is 8.30. The fourth-order valence-corrected chi connectivity index (χ4v) is 4.47. The van der Waals surface area contributed by atoms with Gasteiger partial charge in [-0.1, -0.05) is 6.07 Å². The maximum absolute atomic E-state index is 12.6. The van der Waals surface area contributed by atoms with Crippen LogP contribution in [-0.2, 0) is 21.4 Å². The third-order valence-electron chi connectivity index (χ3n) is 4.29. The number of anilines is 1. The van der Waals surface area contributed by atoms with E-state index in [1.165, 1.54) is 27.1 Å². The monoisotopic (exact) mass is 375 g/mol. The van der Waals surface area contributed by atoms with E-state index in [-0.39, 0.29) is 17.0 Å². The number of rotatable bonds is 5. The number of amides is 1. The maximum atomic E-state index is 12.6. The van der Waals surface area contributed by atoms with Crippen LogP contribution in [0.3, 0.4) is 0 Å². The number of hydrogen-bond donors (Lipinski definition) is 1. The Hall–Kier alpha value is -2.45. The van der Waals surface area contributed by atoms with Crippen LogP contribution in [0.5, 0.6) is 0 Å². The summed E-state index contributed by atoms with van der Waals surface area (Å²) in [6.07, 6.45) is 3.29. The molecule has 1 saturated heterocycles. The molecule has 0 spiro atoms.